The Morgan fingerprint density at radius 1 is 0.946 bits per heavy atom. The largest absolute Gasteiger partial charge is 0.465 e. The van der Waals surface area contributed by atoms with Gasteiger partial charge < -0.3 is 9.47 Å². The number of alkyl halides is 6. The van der Waals surface area contributed by atoms with E-state index in [0.717, 1.165) is 24.2 Å². The van der Waals surface area contributed by atoms with Crippen molar-refractivity contribution in [3.8, 4) is 0 Å². The molecule has 2 amide bonds. The molecule has 0 aromatic heterocycles. The molecule has 1 aliphatic carbocycles. The maximum atomic E-state index is 13.2. The molecule has 1 N–H and O–H groups in total. The van der Waals surface area contributed by atoms with Crippen LogP contribution in [-0.2, 0) is 38.8 Å². The summed E-state index contributed by atoms with van der Waals surface area (Å²) in [6, 6.07) is 0. The van der Waals surface area contributed by atoms with Gasteiger partial charge in [0.25, 0.3) is 10.1 Å². The van der Waals surface area contributed by atoms with Crippen LogP contribution in [0.2, 0.25) is 0 Å². The van der Waals surface area contributed by atoms with Crippen molar-refractivity contribution in [1.29, 1.82) is 0 Å². The Kier molecular flexibility index (Phi) is 9.60. The molecule has 0 bridgehead atoms. The summed E-state index contributed by atoms with van der Waals surface area (Å²) in [5, 5.41) is 0. The van der Waals surface area contributed by atoms with Crippen molar-refractivity contribution < 1.29 is 68.0 Å². The first kappa shape index (κ1) is 30.8. The molecule has 1 heterocycles. The minimum atomic E-state index is -6.48. The first-order valence-corrected chi connectivity index (χ1v) is 12.8. The number of hydrogen-bond acceptors (Lipinski definition) is 8. The number of amides is 2. The van der Waals surface area contributed by atoms with Gasteiger partial charge in [0.1, 0.15) is 5.75 Å². The Hall–Kier alpha value is -2.43. The third-order valence-electron chi connectivity index (χ3n) is 6.03. The average molecular weight is 569 g/mol. The molecule has 0 aromatic carbocycles. The zero-order chi connectivity index (χ0) is 28.2. The lowest BCUT2D eigenvalue weighted by Crippen LogP contribution is -2.63. The minimum absolute atomic E-state index is 0.0290. The van der Waals surface area contributed by atoms with Crippen LogP contribution in [0.1, 0.15) is 51.4 Å². The summed E-state index contributed by atoms with van der Waals surface area (Å²) >= 11 is 0. The van der Waals surface area contributed by atoms with E-state index >= 15 is 0 Å². The highest BCUT2D eigenvalue weighted by atomic mass is 32.2. The topological polar surface area (TPSA) is 144 Å². The van der Waals surface area contributed by atoms with Gasteiger partial charge in [0.05, 0.1) is 19.4 Å². The molecule has 1 unspecified atom stereocenters. The van der Waals surface area contributed by atoms with E-state index in [2.05, 4.69) is 4.74 Å². The van der Waals surface area contributed by atoms with Gasteiger partial charge in [-0.1, -0.05) is 19.3 Å². The molecule has 1 saturated heterocycles. The third-order valence-corrected chi connectivity index (χ3v) is 6.80. The fourth-order valence-corrected chi connectivity index (χ4v) is 5.04. The van der Waals surface area contributed by atoms with Gasteiger partial charge in [-0.3, -0.25) is 28.6 Å². The van der Waals surface area contributed by atoms with E-state index in [4.69, 9.17) is 9.29 Å². The molecule has 1 atom stereocenters. The van der Waals surface area contributed by atoms with E-state index in [1.807, 2.05) is 0 Å². The lowest BCUT2D eigenvalue weighted by Gasteiger charge is -2.35. The second-order valence-electron chi connectivity index (χ2n) is 8.95. The number of nitrogens with zero attached hydrogens (tertiary/aromatic N) is 1. The predicted molar refractivity (Wildman–Crippen MR) is 109 cm³/mol. The summed E-state index contributed by atoms with van der Waals surface area (Å²) in [7, 11) is -5.93. The van der Waals surface area contributed by atoms with E-state index < -0.39 is 77.0 Å². The second-order valence-corrected chi connectivity index (χ2v) is 10.4. The van der Waals surface area contributed by atoms with Crippen LogP contribution in [0.15, 0.2) is 0 Å². The number of carbonyl (C=O) groups excluding carboxylic acids is 4. The Morgan fingerprint density at radius 3 is 2.00 bits per heavy atom. The van der Waals surface area contributed by atoms with Crippen LogP contribution in [0.3, 0.4) is 0 Å². The predicted octanol–water partition coefficient (Wildman–Crippen LogP) is 2.56. The standard InChI is InChI=1S/C20H25F6NO9S/c21-19(22,23)18(20(24,25)26,11-37(32,33)34)36-16(30)7-6-15(29)35-10-12-8-14(28)27(9-12)17(31)13-4-2-1-3-5-13/h12-13H,1-11H2,(H,32,33,34). The van der Waals surface area contributed by atoms with Crippen molar-refractivity contribution in [3.63, 3.8) is 0 Å². The molecule has 1 saturated carbocycles. The number of esters is 2. The highest BCUT2D eigenvalue weighted by Crippen LogP contribution is 2.47. The highest BCUT2D eigenvalue weighted by molar-refractivity contribution is 7.85. The molecule has 10 nitrogen and oxygen atoms in total. The number of likely N-dealkylation sites (tertiary alicyclic amines) is 1. The fourth-order valence-electron chi connectivity index (χ4n) is 4.14. The van der Waals surface area contributed by atoms with Crippen molar-refractivity contribution in [3.05, 3.63) is 0 Å². The number of carbonyl (C=O) groups is 4. The van der Waals surface area contributed by atoms with Crippen molar-refractivity contribution in [2.45, 2.75) is 69.3 Å². The van der Waals surface area contributed by atoms with E-state index in [9.17, 15) is 53.9 Å². The molecule has 0 spiro atoms. The maximum Gasteiger partial charge on any atom is 0.438 e. The number of halogens is 6. The second kappa shape index (κ2) is 11.5. The summed E-state index contributed by atoms with van der Waals surface area (Å²) in [6.45, 7) is -0.426. The highest BCUT2D eigenvalue weighted by Gasteiger charge is 2.75. The summed E-state index contributed by atoms with van der Waals surface area (Å²) in [6.07, 6.45) is -11.4. The van der Waals surface area contributed by atoms with Gasteiger partial charge in [-0.25, -0.2) is 0 Å². The Balaban J connectivity index is 1.90. The Labute approximate surface area is 207 Å². The monoisotopic (exact) mass is 569 g/mol. The van der Waals surface area contributed by atoms with Gasteiger partial charge >= 0.3 is 29.9 Å². The van der Waals surface area contributed by atoms with Gasteiger partial charge in [-0.2, -0.15) is 34.8 Å². The lowest BCUT2D eigenvalue weighted by atomic mass is 9.88. The first-order valence-electron chi connectivity index (χ1n) is 11.2. The quantitative estimate of drug-likeness (QED) is 0.192. The summed E-state index contributed by atoms with van der Waals surface area (Å²) in [4.78, 5) is 49.4. The molecule has 212 valence electrons. The van der Waals surface area contributed by atoms with E-state index in [1.54, 1.807) is 0 Å². The summed E-state index contributed by atoms with van der Waals surface area (Å²) < 4.78 is 118. The van der Waals surface area contributed by atoms with Gasteiger partial charge in [-0.15, -0.1) is 0 Å². The molecule has 2 rings (SSSR count). The van der Waals surface area contributed by atoms with Gasteiger partial charge in [0.15, 0.2) is 0 Å². The molecule has 17 heteroatoms. The SMILES string of the molecule is O=C(CCC(=O)OC(CS(=O)(=O)O)(C(F)(F)F)C(F)(F)F)OCC1CC(=O)N(C(=O)C2CCCCC2)C1. The van der Waals surface area contributed by atoms with Crippen LogP contribution in [0.25, 0.3) is 0 Å². The first-order chi connectivity index (χ1) is 16.9. The normalized spacial score (nSPS) is 20.1. The van der Waals surface area contributed by atoms with Crippen LogP contribution in [0, 0.1) is 11.8 Å². The van der Waals surface area contributed by atoms with Crippen molar-refractivity contribution >= 4 is 33.9 Å². The minimum Gasteiger partial charge on any atom is -0.465 e. The number of ether oxygens (including phenoxy) is 2. The van der Waals surface area contributed by atoms with Crippen LogP contribution >= 0.6 is 0 Å². The van der Waals surface area contributed by atoms with Gasteiger partial charge in [0, 0.05) is 24.8 Å². The van der Waals surface area contributed by atoms with Crippen LogP contribution in [-0.4, -0.2) is 78.5 Å². The molecule has 0 aromatic rings. The summed E-state index contributed by atoms with van der Waals surface area (Å²) in [5.74, 6) is -8.12. The van der Waals surface area contributed by atoms with Gasteiger partial charge in [0.2, 0.25) is 11.8 Å². The zero-order valence-corrected chi connectivity index (χ0v) is 20.1. The zero-order valence-electron chi connectivity index (χ0n) is 19.3. The molecule has 2 fully saturated rings. The molecule has 37 heavy (non-hydrogen) atoms. The third kappa shape index (κ3) is 8.02. The molecule has 1 aliphatic heterocycles. The average Bonchev–Trinajstić information content (AvgIpc) is 3.14. The maximum absolute atomic E-state index is 13.2. The van der Waals surface area contributed by atoms with E-state index in [1.165, 1.54) is 0 Å². The number of rotatable bonds is 9. The molecular formula is C20H25F6NO9S. The summed E-state index contributed by atoms with van der Waals surface area (Å²) in [5.41, 5.74) is -5.56. The van der Waals surface area contributed by atoms with Crippen LogP contribution < -0.4 is 0 Å². The lowest BCUT2D eigenvalue weighted by molar-refractivity contribution is -0.361. The van der Waals surface area contributed by atoms with Crippen LogP contribution in [0.4, 0.5) is 26.3 Å². The Bertz CT molecular complexity index is 975. The fraction of sp³-hybridized carbons (Fsp3) is 0.800. The number of hydrogen-bond donors (Lipinski definition) is 1. The van der Waals surface area contributed by atoms with Crippen molar-refractivity contribution in [1.82, 2.24) is 4.90 Å². The van der Waals surface area contributed by atoms with Crippen molar-refractivity contribution in [2.24, 2.45) is 11.8 Å². The van der Waals surface area contributed by atoms with Crippen molar-refractivity contribution in [2.75, 3.05) is 18.9 Å². The molecular weight excluding hydrogens is 544 g/mol. The van der Waals surface area contributed by atoms with E-state index in [-0.39, 0.29) is 24.8 Å². The van der Waals surface area contributed by atoms with Gasteiger partial charge in [-0.05, 0) is 12.8 Å². The molecule has 2 aliphatic rings. The Morgan fingerprint density at radius 2 is 1.49 bits per heavy atom. The van der Waals surface area contributed by atoms with Crippen LogP contribution in [0.5, 0.6) is 0 Å². The van der Waals surface area contributed by atoms with E-state index in [0.29, 0.717) is 12.8 Å². The molecule has 0 radical (unpaired) electrons. The number of imide groups is 1. The smallest absolute Gasteiger partial charge is 0.438 e.